The third-order valence-corrected chi connectivity index (χ3v) is 3.67. The highest BCUT2D eigenvalue weighted by molar-refractivity contribution is 7.99. The summed E-state index contributed by atoms with van der Waals surface area (Å²) >= 11 is 7.65. The zero-order valence-electron chi connectivity index (χ0n) is 9.43. The Balaban J connectivity index is 2.82. The first-order valence-corrected chi connectivity index (χ1v) is 6.39. The van der Waals surface area contributed by atoms with Crippen molar-refractivity contribution in [3.05, 3.63) is 28.8 Å². The molecule has 4 nitrogen and oxygen atoms in total. The molecule has 0 aliphatic carbocycles. The molecule has 94 valence electrons. The Labute approximate surface area is 109 Å². The number of nitrogens with zero attached hydrogens (tertiary/aromatic N) is 1. The molecule has 0 spiro atoms. The van der Waals surface area contributed by atoms with Gasteiger partial charge in [0.05, 0.1) is 5.02 Å². The van der Waals surface area contributed by atoms with Crippen molar-refractivity contribution in [2.24, 2.45) is 10.9 Å². The number of oxime groups is 1. The SMILES string of the molecule is CC(CCO)Sc1ccc(C(N)=NO)c(Cl)c1. The van der Waals surface area contributed by atoms with Crippen LogP contribution in [0.5, 0.6) is 0 Å². The minimum Gasteiger partial charge on any atom is -0.409 e. The van der Waals surface area contributed by atoms with Gasteiger partial charge in [0.1, 0.15) is 0 Å². The van der Waals surface area contributed by atoms with Gasteiger partial charge in [-0.3, -0.25) is 0 Å². The van der Waals surface area contributed by atoms with Gasteiger partial charge < -0.3 is 16.0 Å². The van der Waals surface area contributed by atoms with Gasteiger partial charge in [-0.25, -0.2) is 0 Å². The molecule has 0 heterocycles. The molecule has 1 unspecified atom stereocenters. The number of hydrogen-bond donors (Lipinski definition) is 3. The largest absolute Gasteiger partial charge is 0.409 e. The number of aliphatic hydroxyl groups is 1. The maximum Gasteiger partial charge on any atom is 0.171 e. The number of nitrogens with two attached hydrogens (primary N) is 1. The van der Waals surface area contributed by atoms with Gasteiger partial charge in [-0.2, -0.15) is 0 Å². The molecule has 0 radical (unpaired) electrons. The quantitative estimate of drug-likeness (QED) is 0.253. The molecule has 0 fully saturated rings. The average Bonchev–Trinajstić information content (AvgIpc) is 2.28. The molecule has 1 atom stereocenters. The molecule has 4 N–H and O–H groups in total. The molecule has 0 amide bonds. The lowest BCUT2D eigenvalue weighted by molar-refractivity contribution is 0.289. The van der Waals surface area contributed by atoms with E-state index in [0.717, 1.165) is 11.3 Å². The van der Waals surface area contributed by atoms with E-state index in [1.54, 1.807) is 23.9 Å². The molecular weight excluding hydrogens is 260 g/mol. The lowest BCUT2D eigenvalue weighted by Crippen LogP contribution is -2.13. The van der Waals surface area contributed by atoms with E-state index in [0.29, 0.717) is 15.8 Å². The summed E-state index contributed by atoms with van der Waals surface area (Å²) in [6.45, 7) is 2.20. The van der Waals surface area contributed by atoms with Gasteiger partial charge in [0, 0.05) is 22.3 Å². The number of thioether (sulfide) groups is 1. The minimum atomic E-state index is -0.00467. The van der Waals surface area contributed by atoms with Crippen LogP contribution in [0.1, 0.15) is 18.9 Å². The van der Waals surface area contributed by atoms with Crippen LogP contribution in [-0.4, -0.2) is 28.0 Å². The molecule has 0 saturated carbocycles. The number of aliphatic hydroxyl groups excluding tert-OH is 1. The van der Waals surface area contributed by atoms with Crippen molar-refractivity contribution >= 4 is 29.2 Å². The predicted octanol–water partition coefficient (Wildman–Crippen LogP) is 2.30. The maximum absolute atomic E-state index is 8.82. The molecule has 0 aliphatic heterocycles. The highest BCUT2D eigenvalue weighted by Crippen LogP contribution is 2.29. The van der Waals surface area contributed by atoms with Crippen molar-refractivity contribution in [3.63, 3.8) is 0 Å². The van der Waals surface area contributed by atoms with E-state index < -0.39 is 0 Å². The Morgan fingerprint density at radius 2 is 2.29 bits per heavy atom. The van der Waals surface area contributed by atoms with Gasteiger partial charge in [-0.05, 0) is 24.6 Å². The van der Waals surface area contributed by atoms with Gasteiger partial charge in [-0.1, -0.05) is 23.7 Å². The first kappa shape index (κ1) is 14.2. The fraction of sp³-hybridized carbons (Fsp3) is 0.364. The van der Waals surface area contributed by atoms with Gasteiger partial charge in [0.2, 0.25) is 0 Å². The second kappa shape index (κ2) is 6.74. The van der Waals surface area contributed by atoms with Crippen molar-refractivity contribution in [2.75, 3.05) is 6.61 Å². The summed E-state index contributed by atoms with van der Waals surface area (Å²) < 4.78 is 0. The van der Waals surface area contributed by atoms with E-state index in [1.807, 2.05) is 13.0 Å². The van der Waals surface area contributed by atoms with E-state index in [-0.39, 0.29) is 12.4 Å². The summed E-state index contributed by atoms with van der Waals surface area (Å²) in [5.41, 5.74) is 5.98. The van der Waals surface area contributed by atoms with Gasteiger partial charge in [-0.15, -0.1) is 11.8 Å². The monoisotopic (exact) mass is 274 g/mol. The van der Waals surface area contributed by atoms with Crippen LogP contribution in [0, 0.1) is 0 Å². The molecule has 0 aliphatic rings. The lowest BCUT2D eigenvalue weighted by Gasteiger charge is -2.10. The summed E-state index contributed by atoms with van der Waals surface area (Å²) in [6, 6.07) is 5.34. The Morgan fingerprint density at radius 3 is 2.82 bits per heavy atom. The second-order valence-electron chi connectivity index (χ2n) is 3.57. The van der Waals surface area contributed by atoms with Crippen LogP contribution in [0.4, 0.5) is 0 Å². The molecule has 6 heteroatoms. The van der Waals surface area contributed by atoms with Gasteiger partial charge in [0.25, 0.3) is 0 Å². The molecule has 0 bridgehead atoms. The van der Waals surface area contributed by atoms with Crippen LogP contribution >= 0.6 is 23.4 Å². The van der Waals surface area contributed by atoms with Gasteiger partial charge >= 0.3 is 0 Å². The highest BCUT2D eigenvalue weighted by atomic mass is 35.5. The zero-order valence-corrected chi connectivity index (χ0v) is 11.0. The minimum absolute atomic E-state index is 0.00467. The Kier molecular flexibility index (Phi) is 5.61. The second-order valence-corrected chi connectivity index (χ2v) is 5.49. The molecule has 0 saturated heterocycles. The van der Waals surface area contributed by atoms with Gasteiger partial charge in [0.15, 0.2) is 5.84 Å². The highest BCUT2D eigenvalue weighted by Gasteiger charge is 2.09. The molecule has 0 aromatic heterocycles. The van der Waals surface area contributed by atoms with Crippen LogP contribution in [-0.2, 0) is 0 Å². The number of halogens is 1. The van der Waals surface area contributed by atoms with Crippen LogP contribution < -0.4 is 5.73 Å². The summed E-state index contributed by atoms with van der Waals surface area (Å²) in [7, 11) is 0. The number of hydrogen-bond acceptors (Lipinski definition) is 4. The number of amidine groups is 1. The normalized spacial score (nSPS) is 13.7. The molecular formula is C11H15ClN2O2S. The Hall–Kier alpha value is -0.910. The summed E-state index contributed by atoms with van der Waals surface area (Å²) in [5.74, 6) is -0.00467. The number of rotatable bonds is 5. The smallest absolute Gasteiger partial charge is 0.171 e. The fourth-order valence-electron chi connectivity index (χ4n) is 1.30. The average molecular weight is 275 g/mol. The standard InChI is InChI=1S/C11H15ClN2O2S/c1-7(4-5-15)17-8-2-3-9(10(12)6-8)11(13)14-16/h2-3,6-7,15-16H,4-5H2,1H3,(H2,13,14). The molecule has 17 heavy (non-hydrogen) atoms. The summed E-state index contributed by atoms with van der Waals surface area (Å²) in [5, 5.41) is 21.1. The summed E-state index contributed by atoms with van der Waals surface area (Å²) in [6.07, 6.45) is 0.726. The van der Waals surface area contributed by atoms with E-state index in [1.165, 1.54) is 0 Å². The van der Waals surface area contributed by atoms with E-state index >= 15 is 0 Å². The van der Waals surface area contributed by atoms with E-state index in [9.17, 15) is 0 Å². The van der Waals surface area contributed by atoms with Crippen molar-refractivity contribution < 1.29 is 10.3 Å². The van der Waals surface area contributed by atoms with E-state index in [4.69, 9.17) is 27.6 Å². The fourth-order valence-corrected chi connectivity index (χ4v) is 2.67. The van der Waals surface area contributed by atoms with Crippen LogP contribution in [0.15, 0.2) is 28.3 Å². The van der Waals surface area contributed by atoms with Crippen molar-refractivity contribution in [2.45, 2.75) is 23.5 Å². The topological polar surface area (TPSA) is 78.8 Å². The Bertz CT molecular complexity index is 412. The first-order chi connectivity index (χ1) is 8.08. The maximum atomic E-state index is 8.82. The Morgan fingerprint density at radius 1 is 1.59 bits per heavy atom. The van der Waals surface area contributed by atoms with Crippen LogP contribution in [0.2, 0.25) is 5.02 Å². The van der Waals surface area contributed by atoms with Crippen molar-refractivity contribution in [1.29, 1.82) is 0 Å². The molecule has 1 aromatic carbocycles. The number of benzene rings is 1. The molecule has 1 rings (SSSR count). The van der Waals surface area contributed by atoms with E-state index in [2.05, 4.69) is 5.16 Å². The van der Waals surface area contributed by atoms with Crippen LogP contribution in [0.3, 0.4) is 0 Å². The zero-order chi connectivity index (χ0) is 12.8. The first-order valence-electron chi connectivity index (χ1n) is 5.13. The van der Waals surface area contributed by atoms with Crippen molar-refractivity contribution in [1.82, 2.24) is 0 Å². The third kappa shape index (κ3) is 4.11. The van der Waals surface area contributed by atoms with Crippen molar-refractivity contribution in [3.8, 4) is 0 Å². The lowest BCUT2D eigenvalue weighted by atomic mass is 10.2. The van der Waals surface area contributed by atoms with Crippen LogP contribution in [0.25, 0.3) is 0 Å². The molecule has 1 aromatic rings. The predicted molar refractivity (Wildman–Crippen MR) is 71.0 cm³/mol. The third-order valence-electron chi connectivity index (χ3n) is 2.20. The summed E-state index contributed by atoms with van der Waals surface area (Å²) in [4.78, 5) is 0.991.